The summed E-state index contributed by atoms with van der Waals surface area (Å²) in [6.45, 7) is 24.6. The van der Waals surface area contributed by atoms with E-state index in [1.807, 2.05) is 44.2 Å². The minimum Gasteiger partial charge on any atom is -0.507 e. The van der Waals surface area contributed by atoms with E-state index in [9.17, 15) is 5.11 Å². The third kappa shape index (κ3) is 12.9. The summed E-state index contributed by atoms with van der Waals surface area (Å²) in [5.41, 5.74) is 5.68. The zero-order valence-electron chi connectivity index (χ0n) is 24.9. The van der Waals surface area contributed by atoms with Crippen LogP contribution in [-0.2, 0) is 6.42 Å². The van der Waals surface area contributed by atoms with E-state index in [4.69, 9.17) is 0 Å². The molecular weight excluding hydrogens is 481 g/mol. The predicted molar refractivity (Wildman–Crippen MR) is 174 cm³/mol. The first-order chi connectivity index (χ1) is 18.3. The minimum absolute atomic E-state index is 0.274. The number of hydrogen-bond acceptors (Lipinski definition) is 2. The molecule has 0 radical (unpaired) electrons. The van der Waals surface area contributed by atoms with Crippen molar-refractivity contribution in [3.63, 3.8) is 0 Å². The van der Waals surface area contributed by atoms with Gasteiger partial charge in [0.2, 0.25) is 0 Å². The van der Waals surface area contributed by atoms with Crippen LogP contribution in [0.2, 0.25) is 0 Å². The molecule has 0 saturated carbocycles. The maximum absolute atomic E-state index is 9.83. The molecule has 1 aliphatic rings. The highest BCUT2D eigenvalue weighted by atomic mass is 31.1. The molecule has 3 rings (SSSR count). The van der Waals surface area contributed by atoms with Crippen LogP contribution in [0.5, 0.6) is 5.75 Å². The van der Waals surface area contributed by atoms with Gasteiger partial charge in [0.05, 0.1) is 0 Å². The summed E-state index contributed by atoms with van der Waals surface area (Å²) >= 11 is 0. The first-order valence-electron chi connectivity index (χ1n) is 14.2. The van der Waals surface area contributed by atoms with Crippen molar-refractivity contribution in [2.75, 3.05) is 26.3 Å². The second-order valence-corrected chi connectivity index (χ2v) is 11.0. The molecule has 38 heavy (non-hydrogen) atoms. The largest absolute Gasteiger partial charge is 0.507 e. The van der Waals surface area contributed by atoms with Gasteiger partial charge in [0.25, 0.3) is 0 Å². The lowest BCUT2D eigenvalue weighted by Gasteiger charge is -2.30. The second-order valence-electron chi connectivity index (χ2n) is 9.97. The zero-order chi connectivity index (χ0) is 28.3. The van der Waals surface area contributed by atoms with Crippen LogP contribution in [0.15, 0.2) is 96.4 Å². The summed E-state index contributed by atoms with van der Waals surface area (Å²) in [6, 6.07) is 18.1. The number of para-hydroxylation sites is 1. The average molecular weight is 534 g/mol. The molecule has 2 aromatic carbocycles. The van der Waals surface area contributed by atoms with E-state index in [2.05, 4.69) is 75.8 Å². The van der Waals surface area contributed by atoms with Crippen LogP contribution in [0.1, 0.15) is 71.4 Å². The molecule has 1 unspecified atom stereocenters. The van der Waals surface area contributed by atoms with Crippen molar-refractivity contribution in [1.82, 2.24) is 4.90 Å². The van der Waals surface area contributed by atoms with Gasteiger partial charge in [-0.3, -0.25) is 0 Å². The molecule has 2 nitrogen and oxygen atoms in total. The van der Waals surface area contributed by atoms with Crippen LogP contribution in [-0.4, -0.2) is 36.3 Å². The maximum atomic E-state index is 9.83. The molecule has 1 fully saturated rings. The van der Waals surface area contributed by atoms with E-state index >= 15 is 0 Å². The molecule has 1 saturated heterocycles. The minimum atomic E-state index is 0.274. The number of phenols is 1. The number of nitrogens with zero attached hydrogens (tertiary/aromatic N) is 1. The molecule has 1 atom stereocenters. The Morgan fingerprint density at radius 1 is 1.03 bits per heavy atom. The molecule has 0 spiro atoms. The van der Waals surface area contributed by atoms with Crippen LogP contribution in [0.4, 0.5) is 0 Å². The molecule has 0 amide bonds. The fourth-order valence-corrected chi connectivity index (χ4v) is 5.33. The summed E-state index contributed by atoms with van der Waals surface area (Å²) in [4.78, 5) is 2.63. The van der Waals surface area contributed by atoms with Crippen LogP contribution < -0.4 is 0 Å². The van der Waals surface area contributed by atoms with Gasteiger partial charge in [0.1, 0.15) is 5.75 Å². The standard InChI is InChI=1S/C18H23OP.C15H23N.C2H6/c1-6-18(20-5)15(4)12-13(2)11-14(3)16-9-7-8-10-17(16)19;1-14-9-12-16(13-10-14)11-5-8-15-6-3-2-4-7-15;1-2/h6-11,19-20H,1,3,12H2,2,4-5H3;2-4,6-7,14H,5,8-13H2,1H3;1-2H3/b13-11-,18-15+;;. The quantitative estimate of drug-likeness (QED) is 0.243. The Morgan fingerprint density at radius 3 is 2.21 bits per heavy atom. The molecule has 1 N–H and O–H groups in total. The van der Waals surface area contributed by atoms with Crippen molar-refractivity contribution < 1.29 is 5.11 Å². The number of piperidine rings is 1. The first-order valence-corrected chi connectivity index (χ1v) is 15.7. The lowest BCUT2D eigenvalue weighted by Crippen LogP contribution is -2.33. The second kappa shape index (κ2) is 19.6. The SMILES string of the molecule is C=C/C(PC)=C(/C)C/C(C)=C\C(=C)c1ccccc1O.CC.CC1CCN(CCCc2ccccc2)CC1. The van der Waals surface area contributed by atoms with Gasteiger partial charge in [-0.15, -0.1) is 0 Å². The lowest BCUT2D eigenvalue weighted by molar-refractivity contribution is 0.191. The molecule has 0 bridgehead atoms. The van der Waals surface area contributed by atoms with Gasteiger partial charge >= 0.3 is 0 Å². The Hall–Kier alpha value is -2.41. The molecule has 0 aliphatic carbocycles. The number of aryl methyl sites for hydroxylation is 1. The lowest BCUT2D eigenvalue weighted by atomic mass is 9.99. The smallest absolute Gasteiger partial charge is 0.123 e. The maximum Gasteiger partial charge on any atom is 0.123 e. The first kappa shape index (κ1) is 33.6. The number of phenolic OH excluding ortho intramolecular Hbond substituents is 1. The van der Waals surface area contributed by atoms with E-state index in [1.165, 1.54) is 67.3 Å². The number of likely N-dealkylation sites (tertiary alicyclic amines) is 1. The van der Waals surface area contributed by atoms with Crippen molar-refractivity contribution in [3.05, 3.63) is 107 Å². The molecule has 0 aromatic heterocycles. The van der Waals surface area contributed by atoms with Crippen LogP contribution >= 0.6 is 8.58 Å². The summed E-state index contributed by atoms with van der Waals surface area (Å²) in [5.74, 6) is 1.22. The highest BCUT2D eigenvalue weighted by Crippen LogP contribution is 2.29. The van der Waals surface area contributed by atoms with E-state index in [0.717, 1.165) is 32.1 Å². The van der Waals surface area contributed by atoms with Crippen LogP contribution in [0.3, 0.4) is 0 Å². The predicted octanol–water partition coefficient (Wildman–Crippen LogP) is 9.89. The number of hydrogen-bond donors (Lipinski definition) is 1. The Bertz CT molecular complexity index is 1010. The third-order valence-electron chi connectivity index (χ3n) is 6.81. The number of rotatable bonds is 10. The van der Waals surface area contributed by atoms with Gasteiger partial charge in [0, 0.05) is 5.56 Å². The van der Waals surface area contributed by atoms with E-state index in [1.54, 1.807) is 6.07 Å². The highest BCUT2D eigenvalue weighted by Gasteiger charge is 2.14. The van der Waals surface area contributed by atoms with E-state index in [-0.39, 0.29) is 5.75 Å². The highest BCUT2D eigenvalue weighted by molar-refractivity contribution is 7.42. The Labute approximate surface area is 236 Å². The van der Waals surface area contributed by atoms with Crippen molar-refractivity contribution >= 4 is 14.2 Å². The Kier molecular flexibility index (Phi) is 17.4. The monoisotopic (exact) mass is 533 g/mol. The third-order valence-corrected chi connectivity index (χ3v) is 7.98. The number of benzene rings is 2. The number of aromatic hydroxyl groups is 1. The van der Waals surface area contributed by atoms with E-state index in [0.29, 0.717) is 0 Å². The van der Waals surface area contributed by atoms with Gasteiger partial charge in [-0.25, -0.2) is 0 Å². The Balaban J connectivity index is 0.000000363. The summed E-state index contributed by atoms with van der Waals surface area (Å²) in [7, 11) is 0.767. The molecule has 3 heteroatoms. The van der Waals surface area contributed by atoms with E-state index < -0.39 is 0 Å². The van der Waals surface area contributed by atoms with Gasteiger partial charge in [-0.05, 0) is 101 Å². The van der Waals surface area contributed by atoms with Gasteiger partial charge in [0.15, 0.2) is 0 Å². The van der Waals surface area contributed by atoms with Crippen LogP contribution in [0.25, 0.3) is 5.57 Å². The van der Waals surface area contributed by atoms with Gasteiger partial charge in [-0.1, -0.05) is 114 Å². The molecule has 1 aliphatic heterocycles. The fourth-order valence-electron chi connectivity index (χ4n) is 4.61. The van der Waals surface area contributed by atoms with Crippen molar-refractivity contribution in [2.45, 2.75) is 66.7 Å². The Morgan fingerprint density at radius 2 is 1.63 bits per heavy atom. The molecule has 208 valence electrons. The molecule has 1 heterocycles. The average Bonchev–Trinajstić information content (AvgIpc) is 2.93. The topological polar surface area (TPSA) is 23.5 Å². The zero-order valence-corrected chi connectivity index (χ0v) is 25.9. The van der Waals surface area contributed by atoms with Crippen LogP contribution in [0, 0.1) is 5.92 Å². The van der Waals surface area contributed by atoms with Crippen molar-refractivity contribution in [1.29, 1.82) is 0 Å². The van der Waals surface area contributed by atoms with Gasteiger partial charge in [-0.2, -0.15) is 0 Å². The normalized spacial score (nSPS) is 15.2. The van der Waals surface area contributed by atoms with Crippen molar-refractivity contribution in [2.24, 2.45) is 5.92 Å². The summed E-state index contributed by atoms with van der Waals surface area (Å²) < 4.78 is 0. The fraction of sp³-hybridized carbons (Fsp3) is 0.429. The molecule has 2 aromatic rings. The molecular formula is C35H52NOP. The van der Waals surface area contributed by atoms with Crippen molar-refractivity contribution in [3.8, 4) is 5.75 Å². The summed E-state index contributed by atoms with van der Waals surface area (Å²) in [6.07, 6.45) is 10.2. The summed E-state index contributed by atoms with van der Waals surface area (Å²) in [5, 5.41) is 11.2. The van der Waals surface area contributed by atoms with Gasteiger partial charge < -0.3 is 10.0 Å². The number of allylic oxidation sites excluding steroid dienone is 6.